The molecular formula is C40H38ClFN4O10. The number of carbonyl (C=O) groups is 4. The van der Waals surface area contributed by atoms with E-state index >= 15 is 4.39 Å². The predicted molar refractivity (Wildman–Crippen MR) is 204 cm³/mol. The Labute approximate surface area is 324 Å². The molecule has 0 radical (unpaired) electrons. The number of aromatic carboxylic acids is 1. The number of halogens is 2. The summed E-state index contributed by atoms with van der Waals surface area (Å²) in [6.07, 6.45) is 1.86. The quantitative estimate of drug-likeness (QED) is 0.127. The van der Waals surface area contributed by atoms with E-state index in [9.17, 15) is 29.1 Å². The van der Waals surface area contributed by atoms with E-state index in [1.54, 1.807) is 65.8 Å². The molecule has 5 aromatic rings. The molecule has 7 rings (SSSR count). The smallest absolute Gasteiger partial charge is 0.413 e. The summed E-state index contributed by atoms with van der Waals surface area (Å²) in [7, 11) is 2.87. The standard InChI is InChI=1S/C40H38ClFN4O10/c1-21-18-43(35-31(42)16-29-34(37(35)54-4)45(25-9-10-25)19-30(36(29)48)39(50)51)13-14-44(21)40(52)56-20-55-33(47)17-27-22(2)46(32-12-11-26(53-3)15-28(27)32)38(49)23-5-7-24(41)8-6-23/h5-8,11-12,15-16,19,21,25H,9-10,13-14,17-18,20H2,1-4H3,(H,50,51). The summed E-state index contributed by atoms with van der Waals surface area (Å²) in [5.41, 5.74) is 1.18. The second kappa shape index (κ2) is 15.2. The molecule has 0 spiro atoms. The SMILES string of the molecule is COc1ccc2c(c1)c(CC(=O)OCOC(=O)N1CCN(c3c(F)cc4c(=O)c(C(=O)O)cn(C5CC5)c4c3OC)CC1C)c(C)n2C(=O)c1ccc(Cl)cc1. The summed E-state index contributed by atoms with van der Waals surface area (Å²) in [4.78, 5) is 68.0. The van der Waals surface area contributed by atoms with Gasteiger partial charge in [-0.3, -0.25) is 19.0 Å². The Hall–Kier alpha value is -6.09. The van der Waals surface area contributed by atoms with Crippen molar-refractivity contribution >= 4 is 63.0 Å². The van der Waals surface area contributed by atoms with E-state index in [1.807, 2.05) is 0 Å². The number of anilines is 1. The van der Waals surface area contributed by atoms with E-state index in [0.717, 1.165) is 18.9 Å². The molecule has 0 bridgehead atoms. The number of carboxylic acids is 1. The molecule has 3 heterocycles. The largest absolute Gasteiger partial charge is 0.497 e. The van der Waals surface area contributed by atoms with Crippen LogP contribution >= 0.6 is 11.6 Å². The van der Waals surface area contributed by atoms with Crippen molar-refractivity contribution in [2.75, 3.05) is 45.5 Å². The van der Waals surface area contributed by atoms with Crippen LogP contribution in [0, 0.1) is 12.7 Å². The molecule has 2 aliphatic rings. The highest BCUT2D eigenvalue weighted by atomic mass is 35.5. The third-order valence-corrected chi connectivity index (χ3v) is 10.6. The molecule has 1 atom stereocenters. The summed E-state index contributed by atoms with van der Waals surface area (Å²) in [5.74, 6) is -2.55. The lowest BCUT2D eigenvalue weighted by Gasteiger charge is -2.40. The molecule has 1 unspecified atom stereocenters. The maximum atomic E-state index is 15.9. The molecule has 56 heavy (non-hydrogen) atoms. The number of nitrogens with zero attached hydrogens (tertiary/aromatic N) is 4. The van der Waals surface area contributed by atoms with Gasteiger partial charge in [-0.15, -0.1) is 0 Å². The van der Waals surface area contributed by atoms with Gasteiger partial charge in [0.05, 0.1) is 37.1 Å². The zero-order chi connectivity index (χ0) is 40.0. The molecule has 1 amide bonds. The molecule has 3 aromatic carbocycles. The number of aromatic nitrogens is 2. The van der Waals surface area contributed by atoms with Crippen LogP contribution < -0.4 is 19.8 Å². The number of piperazine rings is 1. The zero-order valence-corrected chi connectivity index (χ0v) is 31.7. The summed E-state index contributed by atoms with van der Waals surface area (Å²) in [5, 5.41) is 10.6. The van der Waals surface area contributed by atoms with Gasteiger partial charge in [0, 0.05) is 59.6 Å². The number of esters is 1. The van der Waals surface area contributed by atoms with Crippen LogP contribution in [-0.2, 0) is 20.7 Å². The van der Waals surface area contributed by atoms with Crippen LogP contribution in [0.3, 0.4) is 0 Å². The Balaban J connectivity index is 1.03. The average Bonchev–Trinajstić information content (AvgIpc) is 3.99. The van der Waals surface area contributed by atoms with Crippen molar-refractivity contribution in [3.63, 3.8) is 0 Å². The van der Waals surface area contributed by atoms with Gasteiger partial charge in [-0.05, 0) is 80.8 Å². The van der Waals surface area contributed by atoms with Gasteiger partial charge in [0.2, 0.25) is 12.2 Å². The number of hydrogen-bond acceptors (Lipinski definition) is 10. The minimum absolute atomic E-state index is 0.0553. The monoisotopic (exact) mass is 788 g/mol. The number of carbonyl (C=O) groups excluding carboxylic acids is 3. The molecule has 1 N–H and O–H groups in total. The van der Waals surface area contributed by atoms with Gasteiger partial charge in [-0.25, -0.2) is 14.0 Å². The van der Waals surface area contributed by atoms with Crippen LogP contribution in [0.15, 0.2) is 59.5 Å². The Kier molecular flexibility index (Phi) is 10.4. The molecule has 292 valence electrons. The number of fused-ring (bicyclic) bond motifs is 2. The van der Waals surface area contributed by atoms with Gasteiger partial charge in [-0.1, -0.05) is 11.6 Å². The Morgan fingerprint density at radius 2 is 1.70 bits per heavy atom. The van der Waals surface area contributed by atoms with Crippen molar-refractivity contribution < 1.29 is 47.6 Å². The van der Waals surface area contributed by atoms with Crippen LogP contribution in [0.25, 0.3) is 21.8 Å². The molecule has 1 aliphatic heterocycles. The van der Waals surface area contributed by atoms with Gasteiger partial charge in [-0.2, -0.15) is 0 Å². The number of pyridine rings is 1. The Bertz CT molecular complexity index is 2480. The first-order valence-corrected chi connectivity index (χ1v) is 18.2. The van der Waals surface area contributed by atoms with Crippen LogP contribution in [0.5, 0.6) is 11.5 Å². The predicted octanol–water partition coefficient (Wildman–Crippen LogP) is 6.19. The fourth-order valence-corrected chi connectivity index (χ4v) is 7.50. The van der Waals surface area contributed by atoms with E-state index < -0.39 is 47.7 Å². The van der Waals surface area contributed by atoms with Gasteiger partial charge < -0.3 is 38.4 Å². The Morgan fingerprint density at radius 3 is 2.34 bits per heavy atom. The van der Waals surface area contributed by atoms with Crippen LogP contribution in [-0.4, -0.2) is 89.8 Å². The number of rotatable bonds is 10. The molecule has 1 aliphatic carbocycles. The Morgan fingerprint density at radius 1 is 0.964 bits per heavy atom. The van der Waals surface area contributed by atoms with Crippen molar-refractivity contribution in [3.8, 4) is 11.5 Å². The molecule has 14 nitrogen and oxygen atoms in total. The van der Waals surface area contributed by atoms with Crippen LogP contribution in [0.4, 0.5) is 14.9 Å². The van der Waals surface area contributed by atoms with Gasteiger partial charge in [0.15, 0.2) is 11.6 Å². The highest BCUT2D eigenvalue weighted by Gasteiger charge is 2.35. The van der Waals surface area contributed by atoms with E-state index in [-0.39, 0.29) is 54.8 Å². The number of methoxy groups -OCH3 is 2. The second-order valence-electron chi connectivity index (χ2n) is 13.8. The van der Waals surface area contributed by atoms with Gasteiger partial charge in [0.25, 0.3) is 5.91 Å². The van der Waals surface area contributed by atoms with Crippen LogP contribution in [0.2, 0.25) is 5.02 Å². The third kappa shape index (κ3) is 6.98. The van der Waals surface area contributed by atoms with Crippen molar-refractivity contribution in [1.82, 2.24) is 14.0 Å². The molecule has 16 heteroatoms. The molecule has 2 aromatic heterocycles. The second-order valence-corrected chi connectivity index (χ2v) is 14.2. The lowest BCUT2D eigenvalue weighted by molar-refractivity contribution is -0.151. The number of hydrogen-bond donors (Lipinski definition) is 1. The molecule has 1 saturated heterocycles. The maximum absolute atomic E-state index is 15.9. The highest BCUT2D eigenvalue weighted by Crippen LogP contribution is 2.44. The summed E-state index contributed by atoms with van der Waals surface area (Å²) in [6, 6.07) is 12.2. The van der Waals surface area contributed by atoms with E-state index in [2.05, 4.69) is 0 Å². The van der Waals surface area contributed by atoms with Crippen molar-refractivity contribution in [2.24, 2.45) is 0 Å². The van der Waals surface area contributed by atoms with Crippen molar-refractivity contribution in [1.29, 1.82) is 0 Å². The molecule has 1 saturated carbocycles. The van der Waals surface area contributed by atoms with Crippen molar-refractivity contribution in [2.45, 2.75) is 45.2 Å². The minimum atomic E-state index is -1.40. The van der Waals surface area contributed by atoms with Gasteiger partial charge in [0.1, 0.15) is 17.0 Å². The first-order chi connectivity index (χ1) is 26.8. The first kappa shape index (κ1) is 38.2. The lowest BCUT2D eigenvalue weighted by atomic mass is 10.1. The number of benzene rings is 3. The van der Waals surface area contributed by atoms with E-state index in [4.69, 9.17) is 30.5 Å². The normalized spacial score (nSPS) is 15.6. The summed E-state index contributed by atoms with van der Waals surface area (Å²) in [6.45, 7) is 3.26. The third-order valence-electron chi connectivity index (χ3n) is 10.3. The van der Waals surface area contributed by atoms with Crippen LogP contribution in [0.1, 0.15) is 57.8 Å². The fraction of sp³-hybridized carbons (Fsp3) is 0.325. The minimum Gasteiger partial charge on any atom is -0.497 e. The van der Waals surface area contributed by atoms with Gasteiger partial charge >= 0.3 is 18.0 Å². The van der Waals surface area contributed by atoms with Crippen molar-refractivity contribution in [3.05, 3.63) is 98.2 Å². The lowest BCUT2D eigenvalue weighted by Crippen LogP contribution is -2.54. The summed E-state index contributed by atoms with van der Waals surface area (Å²) < 4.78 is 40.8. The summed E-state index contributed by atoms with van der Waals surface area (Å²) >= 11 is 6.03. The maximum Gasteiger partial charge on any atom is 0.413 e. The first-order valence-electron chi connectivity index (χ1n) is 17.8. The highest BCUT2D eigenvalue weighted by molar-refractivity contribution is 6.30. The molecule has 2 fully saturated rings. The van der Waals surface area contributed by atoms with E-state index in [1.165, 1.54) is 29.9 Å². The average molecular weight is 789 g/mol. The van der Waals surface area contributed by atoms with E-state index in [0.29, 0.717) is 44.0 Å². The topological polar surface area (TPSA) is 159 Å². The molecular weight excluding hydrogens is 751 g/mol. The number of amides is 1. The number of ether oxygens (including phenoxy) is 4. The number of carboxylic acid groups (broad SMARTS) is 1. The zero-order valence-electron chi connectivity index (χ0n) is 31.0. The fourth-order valence-electron chi connectivity index (χ4n) is 7.38.